The molecule has 0 spiro atoms. The average Bonchev–Trinajstić information content (AvgIpc) is 2.81. The van der Waals surface area contributed by atoms with Crippen molar-refractivity contribution in [3.63, 3.8) is 0 Å². The molecule has 0 bridgehead atoms. The van der Waals surface area contributed by atoms with E-state index in [2.05, 4.69) is 4.98 Å². The first kappa shape index (κ1) is 11.6. The van der Waals surface area contributed by atoms with Crippen LogP contribution in [0.2, 0.25) is 0 Å². The second-order valence-corrected chi connectivity index (χ2v) is 4.50. The first-order valence-electron chi connectivity index (χ1n) is 6.11. The zero-order valence-corrected chi connectivity index (χ0v) is 9.64. The Hall–Kier alpha value is -0.930. The highest BCUT2D eigenvalue weighted by atomic mass is 16.5. The maximum atomic E-state index is 6.09. The Bertz CT molecular complexity index is 296. The number of hydrogen-bond acceptors (Lipinski definition) is 3. The Morgan fingerprint density at radius 3 is 3.12 bits per heavy atom. The maximum Gasteiger partial charge on any atom is 0.0576 e. The fraction of sp³-hybridized carbons (Fsp3) is 0.615. The highest BCUT2D eigenvalue weighted by molar-refractivity contribution is 5.04. The average molecular weight is 220 g/mol. The van der Waals surface area contributed by atoms with Crippen molar-refractivity contribution in [3.05, 3.63) is 30.1 Å². The van der Waals surface area contributed by atoms with E-state index in [1.54, 1.807) is 0 Å². The summed E-state index contributed by atoms with van der Waals surface area (Å²) < 4.78 is 5.58. The van der Waals surface area contributed by atoms with Crippen molar-refractivity contribution in [2.24, 2.45) is 5.73 Å². The van der Waals surface area contributed by atoms with Gasteiger partial charge in [0.15, 0.2) is 0 Å². The zero-order valence-electron chi connectivity index (χ0n) is 9.64. The maximum absolute atomic E-state index is 6.09. The lowest BCUT2D eigenvalue weighted by Gasteiger charge is -2.14. The summed E-state index contributed by atoms with van der Waals surface area (Å²) in [6.07, 6.45) is 7.68. The molecule has 0 radical (unpaired) electrons. The van der Waals surface area contributed by atoms with Gasteiger partial charge in [-0.3, -0.25) is 4.98 Å². The van der Waals surface area contributed by atoms with Crippen LogP contribution in [0.1, 0.15) is 31.4 Å². The van der Waals surface area contributed by atoms with E-state index < -0.39 is 0 Å². The summed E-state index contributed by atoms with van der Waals surface area (Å²) in [5, 5.41) is 0. The molecule has 1 aliphatic heterocycles. The minimum absolute atomic E-state index is 0.207. The molecular formula is C13H20N2O. The van der Waals surface area contributed by atoms with Crippen LogP contribution in [0.25, 0.3) is 0 Å². The van der Waals surface area contributed by atoms with Gasteiger partial charge < -0.3 is 10.5 Å². The molecule has 1 fully saturated rings. The molecule has 1 aromatic rings. The largest absolute Gasteiger partial charge is 0.378 e. The first-order chi connectivity index (χ1) is 7.84. The third-order valence-corrected chi connectivity index (χ3v) is 3.08. The number of pyridine rings is 1. The monoisotopic (exact) mass is 220 g/mol. The zero-order chi connectivity index (χ0) is 11.2. The Morgan fingerprint density at radius 1 is 1.50 bits per heavy atom. The lowest BCUT2D eigenvalue weighted by molar-refractivity contribution is 0.101. The molecule has 1 saturated heterocycles. The van der Waals surface area contributed by atoms with Crippen LogP contribution >= 0.6 is 0 Å². The van der Waals surface area contributed by atoms with Gasteiger partial charge in [0.05, 0.1) is 6.10 Å². The Balaban J connectivity index is 1.69. The summed E-state index contributed by atoms with van der Waals surface area (Å²) in [6.45, 7) is 0.931. The standard InChI is InChI=1S/C13H20N2O/c14-11(6-7-13-5-3-9-16-13)10-12-4-1-2-8-15-12/h1-2,4,8,11,13H,3,5-7,9-10,14H2. The summed E-state index contributed by atoms with van der Waals surface area (Å²) in [4.78, 5) is 4.29. The van der Waals surface area contributed by atoms with Crippen molar-refractivity contribution in [1.82, 2.24) is 4.98 Å². The highest BCUT2D eigenvalue weighted by Crippen LogP contribution is 2.17. The van der Waals surface area contributed by atoms with Crippen LogP contribution in [-0.4, -0.2) is 23.7 Å². The van der Waals surface area contributed by atoms with Crippen molar-refractivity contribution in [1.29, 1.82) is 0 Å². The lowest BCUT2D eigenvalue weighted by atomic mass is 10.0. The molecular weight excluding hydrogens is 200 g/mol. The number of rotatable bonds is 5. The molecule has 0 aromatic carbocycles. The molecule has 88 valence electrons. The predicted octanol–water partition coefficient (Wildman–Crippen LogP) is 1.91. The van der Waals surface area contributed by atoms with E-state index in [0.717, 1.165) is 31.6 Å². The molecule has 2 unspecified atom stereocenters. The molecule has 2 N–H and O–H groups in total. The van der Waals surface area contributed by atoms with Gasteiger partial charge in [-0.05, 0) is 37.8 Å². The smallest absolute Gasteiger partial charge is 0.0576 e. The molecule has 2 heterocycles. The van der Waals surface area contributed by atoms with Gasteiger partial charge in [-0.1, -0.05) is 6.07 Å². The van der Waals surface area contributed by atoms with Gasteiger partial charge >= 0.3 is 0 Å². The lowest BCUT2D eigenvalue weighted by Crippen LogP contribution is -2.25. The van der Waals surface area contributed by atoms with E-state index in [-0.39, 0.29) is 6.04 Å². The second kappa shape index (κ2) is 5.97. The number of nitrogens with zero attached hydrogens (tertiary/aromatic N) is 1. The molecule has 3 nitrogen and oxygen atoms in total. The van der Waals surface area contributed by atoms with E-state index in [4.69, 9.17) is 10.5 Å². The molecule has 3 heteroatoms. The summed E-state index contributed by atoms with van der Waals surface area (Å²) in [6, 6.07) is 6.18. The third kappa shape index (κ3) is 3.58. The van der Waals surface area contributed by atoms with Crippen LogP contribution in [-0.2, 0) is 11.2 Å². The van der Waals surface area contributed by atoms with Crippen LogP contribution in [0, 0.1) is 0 Å². The SMILES string of the molecule is NC(CCC1CCCO1)Cc1ccccn1. The summed E-state index contributed by atoms with van der Waals surface area (Å²) in [5.74, 6) is 0. The number of ether oxygens (including phenoxy) is 1. The molecule has 1 aliphatic rings. The Kier molecular flexibility index (Phi) is 4.31. The Labute approximate surface area is 97.0 Å². The molecule has 0 aliphatic carbocycles. The molecule has 16 heavy (non-hydrogen) atoms. The van der Waals surface area contributed by atoms with E-state index in [9.17, 15) is 0 Å². The van der Waals surface area contributed by atoms with Gasteiger partial charge in [-0.2, -0.15) is 0 Å². The molecule has 0 amide bonds. The van der Waals surface area contributed by atoms with E-state index in [0.29, 0.717) is 6.10 Å². The van der Waals surface area contributed by atoms with Gasteiger partial charge in [0.2, 0.25) is 0 Å². The van der Waals surface area contributed by atoms with Crippen LogP contribution < -0.4 is 5.73 Å². The van der Waals surface area contributed by atoms with Crippen molar-refractivity contribution in [3.8, 4) is 0 Å². The fourth-order valence-corrected chi connectivity index (χ4v) is 2.16. The summed E-state index contributed by atoms with van der Waals surface area (Å²) >= 11 is 0. The van der Waals surface area contributed by atoms with E-state index in [1.807, 2.05) is 24.4 Å². The van der Waals surface area contributed by atoms with Gasteiger partial charge in [0.1, 0.15) is 0 Å². The highest BCUT2D eigenvalue weighted by Gasteiger charge is 2.16. The van der Waals surface area contributed by atoms with Crippen LogP contribution in [0.4, 0.5) is 0 Å². The molecule has 2 rings (SSSR count). The van der Waals surface area contributed by atoms with Crippen molar-refractivity contribution in [2.45, 2.75) is 44.2 Å². The second-order valence-electron chi connectivity index (χ2n) is 4.50. The Morgan fingerprint density at radius 2 is 2.44 bits per heavy atom. The number of aromatic nitrogens is 1. The molecule has 2 atom stereocenters. The number of nitrogens with two attached hydrogens (primary N) is 1. The number of hydrogen-bond donors (Lipinski definition) is 1. The first-order valence-corrected chi connectivity index (χ1v) is 6.11. The van der Waals surface area contributed by atoms with Crippen molar-refractivity contribution >= 4 is 0 Å². The topological polar surface area (TPSA) is 48.1 Å². The van der Waals surface area contributed by atoms with Crippen LogP contribution in [0.5, 0.6) is 0 Å². The quantitative estimate of drug-likeness (QED) is 0.824. The van der Waals surface area contributed by atoms with Crippen LogP contribution in [0.15, 0.2) is 24.4 Å². The molecule has 0 saturated carbocycles. The summed E-state index contributed by atoms with van der Waals surface area (Å²) in [7, 11) is 0. The minimum Gasteiger partial charge on any atom is -0.378 e. The normalized spacial score (nSPS) is 22.2. The van der Waals surface area contributed by atoms with E-state index in [1.165, 1.54) is 12.8 Å². The van der Waals surface area contributed by atoms with E-state index >= 15 is 0 Å². The molecule has 1 aromatic heterocycles. The van der Waals surface area contributed by atoms with Crippen molar-refractivity contribution in [2.75, 3.05) is 6.61 Å². The van der Waals surface area contributed by atoms with Gasteiger partial charge in [-0.25, -0.2) is 0 Å². The van der Waals surface area contributed by atoms with Gasteiger partial charge in [0.25, 0.3) is 0 Å². The predicted molar refractivity (Wildman–Crippen MR) is 64.1 cm³/mol. The third-order valence-electron chi connectivity index (χ3n) is 3.08. The van der Waals surface area contributed by atoms with Crippen molar-refractivity contribution < 1.29 is 4.74 Å². The van der Waals surface area contributed by atoms with Gasteiger partial charge in [0, 0.05) is 31.0 Å². The minimum atomic E-state index is 0.207. The van der Waals surface area contributed by atoms with Gasteiger partial charge in [-0.15, -0.1) is 0 Å². The summed E-state index contributed by atoms with van der Waals surface area (Å²) in [5.41, 5.74) is 7.17. The fourth-order valence-electron chi connectivity index (χ4n) is 2.16. The van der Waals surface area contributed by atoms with Crippen LogP contribution in [0.3, 0.4) is 0 Å².